The van der Waals surface area contributed by atoms with Gasteiger partial charge in [-0.25, -0.2) is 9.67 Å². The minimum Gasteiger partial charge on any atom is -0.323 e. The molecule has 1 amide bonds. The molecule has 28 heavy (non-hydrogen) atoms. The van der Waals surface area contributed by atoms with E-state index >= 15 is 0 Å². The maximum Gasteiger partial charge on any atom is 0.416 e. The van der Waals surface area contributed by atoms with E-state index in [0.717, 1.165) is 17.7 Å². The summed E-state index contributed by atoms with van der Waals surface area (Å²) in [6.07, 6.45) is -0.701. The van der Waals surface area contributed by atoms with Gasteiger partial charge in [-0.05, 0) is 48.7 Å². The Balaban J connectivity index is 1.70. The number of benzene rings is 2. The number of hydrogen-bond donors (Lipinski definition) is 1. The monoisotopic (exact) mass is 406 g/mol. The van der Waals surface area contributed by atoms with Crippen LogP contribution in [0.2, 0.25) is 5.02 Å². The lowest BCUT2D eigenvalue weighted by Crippen LogP contribution is -2.28. The number of carbonyl (C=O) groups is 1. The predicted molar refractivity (Wildman–Crippen MR) is 97.4 cm³/mol. The predicted octanol–water partition coefficient (Wildman–Crippen LogP) is 4.61. The molecule has 1 fully saturated rings. The van der Waals surface area contributed by atoms with Gasteiger partial charge in [-0.2, -0.15) is 18.3 Å². The van der Waals surface area contributed by atoms with Gasteiger partial charge in [0.05, 0.1) is 22.4 Å². The van der Waals surface area contributed by atoms with Crippen LogP contribution in [0.15, 0.2) is 55.1 Å². The second-order valence-electron chi connectivity index (χ2n) is 6.61. The number of amides is 1. The molecule has 0 aliphatic heterocycles. The Morgan fingerprint density at radius 3 is 2.43 bits per heavy atom. The lowest BCUT2D eigenvalue weighted by atomic mass is 9.95. The smallest absolute Gasteiger partial charge is 0.323 e. The van der Waals surface area contributed by atoms with E-state index in [-0.39, 0.29) is 11.6 Å². The Morgan fingerprint density at radius 2 is 1.86 bits per heavy atom. The number of carbonyl (C=O) groups excluding carboxylic acids is 1. The van der Waals surface area contributed by atoms with Crippen LogP contribution in [0, 0.1) is 0 Å². The average Bonchev–Trinajstić information content (AvgIpc) is 3.29. The molecule has 9 heteroatoms. The van der Waals surface area contributed by atoms with E-state index < -0.39 is 17.2 Å². The fourth-order valence-electron chi connectivity index (χ4n) is 3.13. The second-order valence-corrected chi connectivity index (χ2v) is 7.05. The zero-order chi connectivity index (χ0) is 19.9. The molecule has 1 aromatic heterocycles. The van der Waals surface area contributed by atoms with E-state index in [1.54, 1.807) is 24.3 Å². The Labute approximate surface area is 163 Å². The first kappa shape index (κ1) is 18.5. The van der Waals surface area contributed by atoms with Crippen LogP contribution in [0.4, 0.5) is 18.9 Å². The quantitative estimate of drug-likeness (QED) is 0.688. The van der Waals surface area contributed by atoms with Gasteiger partial charge in [-0.1, -0.05) is 23.7 Å². The fourth-order valence-corrected chi connectivity index (χ4v) is 3.25. The molecule has 0 saturated heterocycles. The summed E-state index contributed by atoms with van der Waals surface area (Å²) in [5.41, 5.74) is -0.527. The molecule has 0 unspecified atom stereocenters. The number of alkyl halides is 3. The van der Waals surface area contributed by atoms with Gasteiger partial charge in [0.15, 0.2) is 0 Å². The summed E-state index contributed by atoms with van der Waals surface area (Å²) in [4.78, 5) is 16.8. The normalized spacial score (nSPS) is 15.3. The first-order valence-electron chi connectivity index (χ1n) is 8.43. The molecule has 0 atom stereocenters. The topological polar surface area (TPSA) is 59.8 Å². The Kier molecular flexibility index (Phi) is 4.38. The summed E-state index contributed by atoms with van der Waals surface area (Å²) in [5, 5.41) is 7.16. The molecule has 1 saturated carbocycles. The van der Waals surface area contributed by atoms with Crippen molar-refractivity contribution in [3.8, 4) is 5.69 Å². The third-order valence-electron chi connectivity index (χ3n) is 4.82. The van der Waals surface area contributed by atoms with Crippen molar-refractivity contribution >= 4 is 23.2 Å². The molecule has 0 spiro atoms. The van der Waals surface area contributed by atoms with E-state index in [4.69, 9.17) is 11.6 Å². The minimum absolute atomic E-state index is 0.0190. The molecular formula is C19H14ClF3N4O. The molecule has 1 aliphatic rings. The van der Waals surface area contributed by atoms with Crippen molar-refractivity contribution in [2.24, 2.45) is 0 Å². The molecule has 5 nitrogen and oxygen atoms in total. The molecule has 144 valence electrons. The van der Waals surface area contributed by atoms with Gasteiger partial charge in [0, 0.05) is 5.02 Å². The third kappa shape index (κ3) is 3.35. The van der Waals surface area contributed by atoms with Crippen LogP contribution in [0.3, 0.4) is 0 Å². The van der Waals surface area contributed by atoms with Crippen LogP contribution >= 0.6 is 11.6 Å². The minimum atomic E-state index is -4.53. The Morgan fingerprint density at radius 1 is 1.14 bits per heavy atom. The van der Waals surface area contributed by atoms with Crippen molar-refractivity contribution in [3.63, 3.8) is 0 Å². The largest absolute Gasteiger partial charge is 0.416 e. The zero-order valence-corrected chi connectivity index (χ0v) is 15.1. The summed E-state index contributed by atoms with van der Waals surface area (Å²) in [6.45, 7) is 0. The summed E-state index contributed by atoms with van der Waals surface area (Å²) in [6, 6.07) is 10.0. The van der Waals surface area contributed by atoms with Crippen molar-refractivity contribution in [1.82, 2.24) is 14.8 Å². The highest BCUT2D eigenvalue weighted by atomic mass is 35.5. The molecule has 1 heterocycles. The highest BCUT2D eigenvalue weighted by Crippen LogP contribution is 2.49. The van der Waals surface area contributed by atoms with Crippen molar-refractivity contribution in [1.29, 1.82) is 0 Å². The summed E-state index contributed by atoms with van der Waals surface area (Å²) >= 11 is 5.91. The molecule has 1 N–H and O–H groups in total. The van der Waals surface area contributed by atoms with Crippen LogP contribution in [-0.2, 0) is 16.4 Å². The number of nitrogens with one attached hydrogen (secondary N) is 1. The first-order chi connectivity index (χ1) is 13.3. The second kappa shape index (κ2) is 6.63. The van der Waals surface area contributed by atoms with E-state index in [1.165, 1.54) is 23.4 Å². The lowest BCUT2D eigenvalue weighted by Gasteiger charge is -2.19. The summed E-state index contributed by atoms with van der Waals surface area (Å²) in [7, 11) is 0. The van der Waals surface area contributed by atoms with Gasteiger partial charge in [-0.15, -0.1) is 0 Å². The van der Waals surface area contributed by atoms with Gasteiger partial charge in [0.2, 0.25) is 5.91 Å². The van der Waals surface area contributed by atoms with E-state index in [1.807, 2.05) is 0 Å². The van der Waals surface area contributed by atoms with E-state index in [9.17, 15) is 18.0 Å². The Hall–Kier alpha value is -2.87. The molecule has 0 bridgehead atoms. The fraction of sp³-hybridized carbons (Fsp3) is 0.211. The average molecular weight is 407 g/mol. The first-order valence-corrected chi connectivity index (χ1v) is 8.81. The third-order valence-corrected chi connectivity index (χ3v) is 5.07. The van der Waals surface area contributed by atoms with Crippen molar-refractivity contribution in [2.45, 2.75) is 24.4 Å². The highest BCUT2D eigenvalue weighted by Gasteiger charge is 2.51. The molecule has 2 aromatic carbocycles. The number of anilines is 1. The van der Waals surface area contributed by atoms with Crippen molar-refractivity contribution in [3.05, 3.63) is 71.3 Å². The van der Waals surface area contributed by atoms with Gasteiger partial charge in [-0.3, -0.25) is 4.79 Å². The summed E-state index contributed by atoms with van der Waals surface area (Å²) < 4.78 is 40.8. The number of rotatable bonds is 4. The van der Waals surface area contributed by atoms with Crippen LogP contribution < -0.4 is 5.32 Å². The number of aromatic nitrogens is 3. The maximum atomic E-state index is 13.2. The van der Waals surface area contributed by atoms with Crippen LogP contribution in [0.1, 0.15) is 24.0 Å². The van der Waals surface area contributed by atoms with Crippen LogP contribution in [-0.4, -0.2) is 20.7 Å². The van der Waals surface area contributed by atoms with E-state index in [2.05, 4.69) is 15.4 Å². The Bertz CT molecular complexity index is 1010. The molecular weight excluding hydrogens is 393 g/mol. The lowest BCUT2D eigenvalue weighted by molar-refractivity contribution is -0.137. The van der Waals surface area contributed by atoms with Gasteiger partial charge < -0.3 is 5.32 Å². The standard InChI is InChI=1S/C19H14ClF3N4O/c20-14-4-1-12(2-5-14)18(7-8-18)17(28)26-15-9-13(19(21,22)23)3-6-16(15)27-11-24-10-25-27/h1-6,9-11H,7-8H2,(H,26,28). The molecule has 4 rings (SSSR count). The number of hydrogen-bond acceptors (Lipinski definition) is 3. The SMILES string of the molecule is O=C(Nc1cc(C(F)(F)F)ccc1-n1cncn1)C1(c2ccc(Cl)cc2)CC1. The number of halogens is 4. The van der Waals surface area contributed by atoms with E-state index in [0.29, 0.717) is 23.6 Å². The van der Waals surface area contributed by atoms with Gasteiger partial charge in [0.25, 0.3) is 0 Å². The zero-order valence-electron chi connectivity index (χ0n) is 14.4. The summed E-state index contributed by atoms with van der Waals surface area (Å²) in [5.74, 6) is -0.365. The number of nitrogens with zero attached hydrogens (tertiary/aromatic N) is 3. The van der Waals surface area contributed by atoms with Crippen LogP contribution in [0.5, 0.6) is 0 Å². The van der Waals surface area contributed by atoms with Crippen LogP contribution in [0.25, 0.3) is 5.69 Å². The molecule has 1 aliphatic carbocycles. The van der Waals surface area contributed by atoms with Crippen molar-refractivity contribution in [2.75, 3.05) is 5.32 Å². The molecule has 0 radical (unpaired) electrons. The van der Waals surface area contributed by atoms with Gasteiger partial charge in [0.1, 0.15) is 12.7 Å². The maximum absolute atomic E-state index is 13.2. The van der Waals surface area contributed by atoms with Crippen molar-refractivity contribution < 1.29 is 18.0 Å². The highest BCUT2D eigenvalue weighted by molar-refractivity contribution is 6.30. The van der Waals surface area contributed by atoms with Gasteiger partial charge >= 0.3 is 6.18 Å². The molecule has 3 aromatic rings.